The van der Waals surface area contributed by atoms with Crippen LogP contribution in [0, 0.1) is 6.92 Å². The molecule has 0 aliphatic carbocycles. The van der Waals surface area contributed by atoms with E-state index in [2.05, 4.69) is 10.6 Å². The van der Waals surface area contributed by atoms with Crippen LogP contribution < -0.4 is 20.3 Å². The van der Waals surface area contributed by atoms with Gasteiger partial charge in [-0.05, 0) is 42.8 Å². The third-order valence-electron chi connectivity index (χ3n) is 5.13. The maximum atomic E-state index is 12.8. The Hall–Kier alpha value is -2.94. The van der Waals surface area contributed by atoms with Crippen LogP contribution in [-0.4, -0.2) is 42.5 Å². The molecule has 0 unspecified atom stereocenters. The molecule has 1 fully saturated rings. The van der Waals surface area contributed by atoms with Crippen LogP contribution in [0.3, 0.4) is 0 Å². The molecule has 1 saturated heterocycles. The van der Waals surface area contributed by atoms with E-state index in [1.54, 1.807) is 36.4 Å². The fourth-order valence-electron chi connectivity index (χ4n) is 3.38. The van der Waals surface area contributed by atoms with Crippen molar-refractivity contribution in [2.24, 2.45) is 0 Å². The molecule has 154 valence electrons. The topological polar surface area (TPSA) is 73.8 Å². The molecule has 9 heteroatoms. The second-order valence-corrected chi connectivity index (χ2v) is 7.37. The van der Waals surface area contributed by atoms with Crippen LogP contribution in [0.25, 0.3) is 0 Å². The van der Waals surface area contributed by atoms with Crippen LogP contribution in [0.15, 0.2) is 36.4 Å². The van der Waals surface area contributed by atoms with Crippen molar-refractivity contribution >= 4 is 28.7 Å². The second kappa shape index (κ2) is 6.84. The number of hydrogen-bond acceptors (Lipinski definition) is 5. The van der Waals surface area contributed by atoms with Crippen molar-refractivity contribution in [2.75, 3.05) is 35.2 Å². The normalized spacial score (nSPS) is 18.1. The zero-order chi connectivity index (χ0) is 20.8. The van der Waals surface area contributed by atoms with E-state index in [0.29, 0.717) is 23.7 Å². The van der Waals surface area contributed by atoms with Gasteiger partial charge < -0.3 is 25.4 Å². The number of β-amino-alcohol motifs (C(OH)–C–C–N with tert-alkyl or cyclic N) is 1. The highest BCUT2D eigenvalue weighted by atomic mass is 19.4. The lowest BCUT2D eigenvalue weighted by Gasteiger charge is -2.48. The van der Waals surface area contributed by atoms with Gasteiger partial charge in [0, 0.05) is 23.1 Å². The number of nitrogens with zero attached hydrogens (tertiary/aromatic N) is 1. The summed E-state index contributed by atoms with van der Waals surface area (Å²) < 4.78 is 44.0. The minimum atomic E-state index is -4.63. The van der Waals surface area contributed by atoms with Gasteiger partial charge in [0.1, 0.15) is 5.75 Å². The molecule has 6 nitrogen and oxygen atoms in total. The van der Waals surface area contributed by atoms with Gasteiger partial charge in [0.25, 0.3) is 0 Å². The van der Waals surface area contributed by atoms with Crippen LogP contribution in [0.4, 0.5) is 35.9 Å². The summed E-state index contributed by atoms with van der Waals surface area (Å²) in [7, 11) is 0. The van der Waals surface area contributed by atoms with E-state index in [1.165, 1.54) is 4.90 Å². The molecule has 0 spiro atoms. The summed E-state index contributed by atoms with van der Waals surface area (Å²) in [6, 6.07) is 10.6. The molecule has 0 atom stereocenters. The Balaban J connectivity index is 1.47. The van der Waals surface area contributed by atoms with E-state index in [1.807, 2.05) is 6.92 Å². The summed E-state index contributed by atoms with van der Waals surface area (Å²) in [6.45, 7) is 1.20. The van der Waals surface area contributed by atoms with Crippen LogP contribution in [-0.2, 0) is 4.79 Å². The van der Waals surface area contributed by atoms with E-state index in [9.17, 15) is 23.1 Å². The lowest BCUT2D eigenvalue weighted by atomic mass is 9.92. The third kappa shape index (κ3) is 3.69. The summed E-state index contributed by atoms with van der Waals surface area (Å²) >= 11 is 0. The van der Waals surface area contributed by atoms with Gasteiger partial charge >= 0.3 is 6.18 Å². The summed E-state index contributed by atoms with van der Waals surface area (Å²) in [5.74, 6) is 0.474. The van der Waals surface area contributed by atoms with Gasteiger partial charge in [-0.1, -0.05) is 0 Å². The van der Waals surface area contributed by atoms with Crippen LogP contribution >= 0.6 is 0 Å². The first-order valence-electron chi connectivity index (χ1n) is 9.13. The van der Waals surface area contributed by atoms with Crippen LogP contribution in [0.5, 0.6) is 5.75 Å². The van der Waals surface area contributed by atoms with Gasteiger partial charge in [0.15, 0.2) is 5.60 Å². The fourth-order valence-corrected chi connectivity index (χ4v) is 3.38. The lowest BCUT2D eigenvalue weighted by molar-refractivity contribution is -0.267. The Morgan fingerprint density at radius 1 is 1.21 bits per heavy atom. The fraction of sp³-hybridized carbons (Fsp3) is 0.350. The van der Waals surface area contributed by atoms with E-state index >= 15 is 0 Å². The van der Waals surface area contributed by atoms with Crippen molar-refractivity contribution in [1.82, 2.24) is 0 Å². The van der Waals surface area contributed by atoms with E-state index in [-0.39, 0.29) is 12.3 Å². The maximum absolute atomic E-state index is 12.8. The molecule has 0 radical (unpaired) electrons. The lowest BCUT2D eigenvalue weighted by Crippen LogP contribution is -2.69. The average Bonchev–Trinajstić information content (AvgIpc) is 2.80. The van der Waals surface area contributed by atoms with Gasteiger partial charge in [-0.2, -0.15) is 13.2 Å². The largest absolute Gasteiger partial charge is 0.491 e. The van der Waals surface area contributed by atoms with E-state index < -0.39 is 24.9 Å². The minimum absolute atomic E-state index is 0.0979. The van der Waals surface area contributed by atoms with Crippen LogP contribution in [0.2, 0.25) is 0 Å². The van der Waals surface area contributed by atoms with Crippen LogP contribution in [0.1, 0.15) is 12.0 Å². The molecule has 2 heterocycles. The molecule has 2 aromatic carbocycles. The second-order valence-electron chi connectivity index (χ2n) is 7.37. The predicted octanol–water partition coefficient (Wildman–Crippen LogP) is 3.57. The zero-order valence-corrected chi connectivity index (χ0v) is 15.6. The summed E-state index contributed by atoms with van der Waals surface area (Å²) in [6.07, 6.45) is -4.34. The Kier molecular flexibility index (Phi) is 4.57. The monoisotopic (exact) mass is 407 g/mol. The Bertz CT molecular complexity index is 956. The van der Waals surface area contributed by atoms with Crippen molar-refractivity contribution < 1.29 is 27.8 Å². The molecule has 1 amide bonds. The molecule has 3 N–H and O–H groups in total. The average molecular weight is 407 g/mol. The Labute approximate surface area is 165 Å². The number of halogens is 3. The first kappa shape index (κ1) is 19.4. The third-order valence-corrected chi connectivity index (χ3v) is 5.13. The molecule has 2 aliphatic rings. The highest BCUT2D eigenvalue weighted by Gasteiger charge is 2.61. The van der Waals surface area contributed by atoms with Crippen molar-refractivity contribution in [3.05, 3.63) is 42.0 Å². The number of anilines is 4. The number of ether oxygens (including phenoxy) is 1. The van der Waals surface area contributed by atoms with Crippen molar-refractivity contribution in [1.29, 1.82) is 0 Å². The number of fused-ring (bicyclic) bond motifs is 1. The van der Waals surface area contributed by atoms with Gasteiger partial charge in [-0.15, -0.1) is 0 Å². The Morgan fingerprint density at radius 2 is 1.97 bits per heavy atom. The number of carbonyl (C=O) groups excluding carboxylic acids is 1. The van der Waals surface area contributed by atoms with Gasteiger partial charge in [-0.3, -0.25) is 4.79 Å². The number of rotatable bonds is 3. The molecular weight excluding hydrogens is 387 g/mol. The molecule has 0 aromatic heterocycles. The molecule has 0 bridgehead atoms. The number of benzene rings is 2. The highest BCUT2D eigenvalue weighted by Crippen LogP contribution is 2.40. The predicted molar refractivity (Wildman–Crippen MR) is 103 cm³/mol. The standard InChI is InChI=1S/C20H20F3N3O3/c1-12-8-14(26-10-19(28,11-26)20(21,22)23)3-5-15(12)24-13-2-4-16-17(9-13)29-7-6-18(27)25-16/h2-5,8-9,24,28H,6-7,10-11H2,1H3,(H,25,27). The Morgan fingerprint density at radius 3 is 2.66 bits per heavy atom. The first-order chi connectivity index (χ1) is 13.6. The van der Waals surface area contributed by atoms with Crippen molar-refractivity contribution in [3.8, 4) is 5.75 Å². The molecule has 29 heavy (non-hydrogen) atoms. The van der Waals surface area contributed by atoms with E-state index in [0.717, 1.165) is 16.9 Å². The number of aliphatic hydroxyl groups is 1. The van der Waals surface area contributed by atoms with Crippen molar-refractivity contribution in [3.63, 3.8) is 0 Å². The maximum Gasteiger partial charge on any atom is 0.420 e. The van der Waals surface area contributed by atoms with Gasteiger partial charge in [0.05, 0.1) is 31.8 Å². The molecule has 4 rings (SSSR count). The quantitative estimate of drug-likeness (QED) is 0.726. The summed E-state index contributed by atoms with van der Waals surface area (Å²) in [5.41, 5.74) is 0.975. The number of carbonyl (C=O) groups is 1. The zero-order valence-electron chi connectivity index (χ0n) is 15.6. The highest BCUT2D eigenvalue weighted by molar-refractivity contribution is 5.93. The molecular formula is C20H20F3N3O3. The number of aryl methyl sites for hydroxylation is 1. The smallest absolute Gasteiger partial charge is 0.420 e. The number of amides is 1. The summed E-state index contributed by atoms with van der Waals surface area (Å²) in [4.78, 5) is 13.1. The number of nitrogens with one attached hydrogen (secondary N) is 2. The minimum Gasteiger partial charge on any atom is -0.491 e. The van der Waals surface area contributed by atoms with E-state index in [4.69, 9.17) is 4.74 Å². The molecule has 2 aromatic rings. The molecule has 0 saturated carbocycles. The first-order valence-corrected chi connectivity index (χ1v) is 9.13. The number of alkyl halides is 3. The SMILES string of the molecule is Cc1cc(N2CC(O)(C(F)(F)F)C2)ccc1Nc1ccc2c(c1)OCCC(=O)N2. The van der Waals surface area contributed by atoms with Crippen molar-refractivity contribution in [2.45, 2.75) is 25.1 Å². The molecule has 2 aliphatic heterocycles. The summed E-state index contributed by atoms with van der Waals surface area (Å²) in [5, 5.41) is 15.6. The number of hydrogen-bond donors (Lipinski definition) is 3. The van der Waals surface area contributed by atoms with Gasteiger partial charge in [-0.25, -0.2) is 0 Å². The van der Waals surface area contributed by atoms with Gasteiger partial charge in [0.2, 0.25) is 5.91 Å².